The fraction of sp³-hybridized carbons (Fsp3) is 0. The molecule has 0 heterocycles. The van der Waals surface area contributed by atoms with Gasteiger partial charge in [-0.25, -0.2) is 4.79 Å². The summed E-state index contributed by atoms with van der Waals surface area (Å²) in [5.74, 6) is -0.957. The van der Waals surface area contributed by atoms with Gasteiger partial charge in [0.2, 0.25) is 0 Å². The van der Waals surface area contributed by atoms with Crippen molar-refractivity contribution in [3.63, 3.8) is 0 Å². The summed E-state index contributed by atoms with van der Waals surface area (Å²) >= 11 is 4.47. The fourth-order valence-electron chi connectivity index (χ4n) is 3.67. The third-order valence-corrected chi connectivity index (χ3v) is 5.48. The highest BCUT2D eigenvalue weighted by Crippen LogP contribution is 2.33. The molecular formula is C23H14O2S. The molecule has 0 saturated heterocycles. The van der Waals surface area contributed by atoms with Crippen molar-refractivity contribution in [3.8, 4) is 0 Å². The van der Waals surface area contributed by atoms with Gasteiger partial charge in [0.05, 0.1) is 5.56 Å². The lowest BCUT2D eigenvalue weighted by atomic mass is 9.97. The number of hydrogen-bond donors (Lipinski definition) is 2. The summed E-state index contributed by atoms with van der Waals surface area (Å²) < 4.78 is 0. The molecular weight excluding hydrogens is 340 g/mol. The molecule has 5 aromatic carbocycles. The number of carbonyl (C=O) groups is 1. The Kier molecular flexibility index (Phi) is 3.21. The Hall–Kier alpha value is -3.04. The maximum Gasteiger partial charge on any atom is 0.336 e. The Morgan fingerprint density at radius 1 is 0.654 bits per heavy atom. The lowest BCUT2D eigenvalue weighted by molar-refractivity contribution is 0.0693. The van der Waals surface area contributed by atoms with Crippen molar-refractivity contribution in [2.45, 2.75) is 4.90 Å². The summed E-state index contributed by atoms with van der Waals surface area (Å²) in [5, 5.41) is 18.2. The Balaban J connectivity index is 1.87. The highest BCUT2D eigenvalue weighted by molar-refractivity contribution is 7.80. The predicted molar refractivity (Wildman–Crippen MR) is 111 cm³/mol. The van der Waals surface area contributed by atoms with Gasteiger partial charge in [0.15, 0.2) is 0 Å². The monoisotopic (exact) mass is 354 g/mol. The quantitative estimate of drug-likeness (QED) is 0.274. The van der Waals surface area contributed by atoms with Gasteiger partial charge in [-0.05, 0) is 85.6 Å². The minimum absolute atomic E-state index is 0.229. The van der Waals surface area contributed by atoms with Gasteiger partial charge in [-0.15, -0.1) is 12.6 Å². The second kappa shape index (κ2) is 5.48. The summed E-state index contributed by atoms with van der Waals surface area (Å²) in [6, 6.07) is 24.7. The van der Waals surface area contributed by atoms with E-state index in [9.17, 15) is 9.90 Å². The summed E-state index contributed by atoms with van der Waals surface area (Å²) in [5.41, 5.74) is 0.229. The molecule has 3 heteroatoms. The van der Waals surface area contributed by atoms with Crippen molar-refractivity contribution < 1.29 is 9.90 Å². The molecule has 0 aromatic heterocycles. The van der Waals surface area contributed by atoms with Crippen molar-refractivity contribution in [1.82, 2.24) is 0 Å². The van der Waals surface area contributed by atoms with Crippen molar-refractivity contribution in [2.75, 3.05) is 0 Å². The van der Waals surface area contributed by atoms with Crippen LogP contribution in [0.3, 0.4) is 0 Å². The van der Waals surface area contributed by atoms with E-state index < -0.39 is 5.97 Å². The summed E-state index contributed by atoms with van der Waals surface area (Å²) in [6.45, 7) is 0. The zero-order valence-electron chi connectivity index (χ0n) is 13.7. The standard InChI is InChI=1S/C23H14O2S/c24-23(25)20-6-5-15-9-18-10-16-7-13-3-1-2-4-14(13)8-17(16)11-19(18)12-21(15)22(20)26/h1-12,26H,(H,24,25). The Labute approximate surface area is 155 Å². The molecule has 0 atom stereocenters. The van der Waals surface area contributed by atoms with Gasteiger partial charge < -0.3 is 5.11 Å². The molecule has 1 N–H and O–H groups in total. The lowest BCUT2D eigenvalue weighted by Gasteiger charge is -2.09. The van der Waals surface area contributed by atoms with Crippen LogP contribution in [0.25, 0.3) is 43.1 Å². The first-order chi connectivity index (χ1) is 12.6. The molecule has 0 spiro atoms. The second-order valence-corrected chi connectivity index (χ2v) is 7.03. The highest BCUT2D eigenvalue weighted by Gasteiger charge is 2.11. The first-order valence-electron chi connectivity index (χ1n) is 8.35. The van der Waals surface area contributed by atoms with Gasteiger partial charge in [-0.1, -0.05) is 30.3 Å². The molecule has 0 aliphatic heterocycles. The SMILES string of the molecule is O=C(O)c1ccc2cc3cc4cc5ccccc5cc4cc3cc2c1S. The van der Waals surface area contributed by atoms with Gasteiger partial charge in [0.1, 0.15) is 0 Å². The molecule has 0 fully saturated rings. The summed E-state index contributed by atoms with van der Waals surface area (Å²) in [6.07, 6.45) is 0. The number of fused-ring (bicyclic) bond motifs is 4. The molecule has 0 amide bonds. The fourth-order valence-corrected chi connectivity index (χ4v) is 4.04. The maximum absolute atomic E-state index is 11.4. The van der Waals surface area contributed by atoms with Crippen LogP contribution >= 0.6 is 12.6 Å². The van der Waals surface area contributed by atoms with Crippen LogP contribution in [0.2, 0.25) is 0 Å². The Morgan fingerprint density at radius 3 is 1.73 bits per heavy atom. The molecule has 2 nitrogen and oxygen atoms in total. The van der Waals surface area contributed by atoms with E-state index in [2.05, 4.69) is 61.2 Å². The van der Waals surface area contributed by atoms with Gasteiger partial charge in [-0.3, -0.25) is 0 Å². The molecule has 5 aromatic rings. The number of aromatic carboxylic acids is 1. The van der Waals surface area contributed by atoms with Gasteiger partial charge >= 0.3 is 5.97 Å². The summed E-state index contributed by atoms with van der Waals surface area (Å²) in [7, 11) is 0. The maximum atomic E-state index is 11.4. The topological polar surface area (TPSA) is 37.3 Å². The Bertz CT molecular complexity index is 1370. The van der Waals surface area contributed by atoms with Crippen LogP contribution in [0.4, 0.5) is 0 Å². The number of hydrogen-bond acceptors (Lipinski definition) is 2. The van der Waals surface area contributed by atoms with E-state index in [0.29, 0.717) is 4.90 Å². The third kappa shape index (κ3) is 2.25. The molecule has 0 saturated carbocycles. The Morgan fingerprint density at radius 2 is 1.15 bits per heavy atom. The first-order valence-corrected chi connectivity index (χ1v) is 8.80. The zero-order chi connectivity index (χ0) is 17.8. The van der Waals surface area contributed by atoms with Crippen LogP contribution in [-0.4, -0.2) is 11.1 Å². The number of rotatable bonds is 1. The van der Waals surface area contributed by atoms with Crippen molar-refractivity contribution in [1.29, 1.82) is 0 Å². The molecule has 0 bridgehead atoms. The molecule has 5 rings (SSSR count). The number of carboxylic acids is 1. The van der Waals surface area contributed by atoms with E-state index in [0.717, 1.165) is 21.5 Å². The van der Waals surface area contributed by atoms with Crippen LogP contribution in [0.5, 0.6) is 0 Å². The van der Waals surface area contributed by atoms with Gasteiger partial charge in [0.25, 0.3) is 0 Å². The van der Waals surface area contributed by atoms with E-state index in [1.54, 1.807) is 6.07 Å². The zero-order valence-corrected chi connectivity index (χ0v) is 14.6. The molecule has 0 radical (unpaired) electrons. The number of benzene rings is 5. The predicted octanol–water partition coefficient (Wildman–Crippen LogP) is 6.29. The van der Waals surface area contributed by atoms with Crippen molar-refractivity contribution in [3.05, 3.63) is 78.4 Å². The smallest absolute Gasteiger partial charge is 0.336 e. The van der Waals surface area contributed by atoms with Crippen LogP contribution in [0.1, 0.15) is 10.4 Å². The minimum atomic E-state index is -0.957. The van der Waals surface area contributed by atoms with E-state index >= 15 is 0 Å². The normalized spacial score (nSPS) is 11.6. The largest absolute Gasteiger partial charge is 0.478 e. The van der Waals surface area contributed by atoms with Crippen LogP contribution in [0, 0.1) is 0 Å². The van der Waals surface area contributed by atoms with Crippen LogP contribution < -0.4 is 0 Å². The molecule has 26 heavy (non-hydrogen) atoms. The third-order valence-electron chi connectivity index (χ3n) is 5.00. The first kappa shape index (κ1) is 15.2. The lowest BCUT2D eigenvalue weighted by Crippen LogP contribution is -1.98. The van der Waals surface area contributed by atoms with Crippen molar-refractivity contribution >= 4 is 61.7 Å². The van der Waals surface area contributed by atoms with E-state index in [4.69, 9.17) is 0 Å². The molecule has 0 aliphatic rings. The minimum Gasteiger partial charge on any atom is -0.478 e. The van der Waals surface area contributed by atoms with E-state index in [1.165, 1.54) is 21.5 Å². The average Bonchev–Trinajstić information content (AvgIpc) is 2.63. The average molecular weight is 354 g/mol. The highest BCUT2D eigenvalue weighted by atomic mass is 32.1. The van der Waals surface area contributed by atoms with Crippen LogP contribution in [0.15, 0.2) is 77.7 Å². The number of carboxylic acid groups (broad SMARTS) is 1. The summed E-state index contributed by atoms with van der Waals surface area (Å²) in [4.78, 5) is 11.9. The van der Waals surface area contributed by atoms with Gasteiger partial charge in [-0.2, -0.15) is 0 Å². The number of thiol groups is 1. The molecule has 0 unspecified atom stereocenters. The van der Waals surface area contributed by atoms with E-state index in [1.807, 2.05) is 18.2 Å². The van der Waals surface area contributed by atoms with Gasteiger partial charge in [0, 0.05) is 4.90 Å². The van der Waals surface area contributed by atoms with E-state index in [-0.39, 0.29) is 5.56 Å². The second-order valence-electron chi connectivity index (χ2n) is 6.59. The molecule has 0 aliphatic carbocycles. The van der Waals surface area contributed by atoms with Crippen LogP contribution in [-0.2, 0) is 0 Å². The molecule has 124 valence electrons. The van der Waals surface area contributed by atoms with Crippen molar-refractivity contribution in [2.24, 2.45) is 0 Å².